The van der Waals surface area contributed by atoms with Crippen LogP contribution in [-0.4, -0.2) is 35.7 Å². The molecule has 2 aromatic rings. The number of thiazole rings is 1. The van der Waals surface area contributed by atoms with Crippen LogP contribution in [0, 0.1) is 13.8 Å². The number of hydrogen-bond donors (Lipinski definition) is 3. The smallest absolute Gasteiger partial charge is 0.191 e. The summed E-state index contributed by atoms with van der Waals surface area (Å²) in [5, 5.41) is 20.2. The van der Waals surface area contributed by atoms with Crippen molar-refractivity contribution in [2.75, 3.05) is 19.6 Å². The standard InChI is InChI=1S/C17H26N4O2S/c1-5-18-16(19-9-8-14-10-24-13(3)21-14)20-11-17(4,22)15-7-6-12(2)23-15/h6-7,10,22H,5,8-9,11H2,1-4H3,(H2,18,19,20). The molecular formula is C17H26N4O2S. The number of aromatic nitrogens is 1. The highest BCUT2D eigenvalue weighted by Crippen LogP contribution is 2.23. The lowest BCUT2D eigenvalue weighted by atomic mass is 10.0. The van der Waals surface area contributed by atoms with E-state index >= 15 is 0 Å². The van der Waals surface area contributed by atoms with Gasteiger partial charge in [-0.25, -0.2) is 9.98 Å². The number of furan rings is 1. The van der Waals surface area contributed by atoms with Crippen molar-refractivity contribution in [1.29, 1.82) is 0 Å². The second kappa shape index (κ2) is 8.30. The number of aliphatic hydroxyl groups is 1. The van der Waals surface area contributed by atoms with Gasteiger partial charge in [0.1, 0.15) is 17.1 Å². The number of nitrogens with one attached hydrogen (secondary N) is 2. The zero-order valence-electron chi connectivity index (χ0n) is 14.7. The molecule has 0 aliphatic heterocycles. The van der Waals surface area contributed by atoms with Gasteiger partial charge in [0.15, 0.2) is 5.96 Å². The average molecular weight is 350 g/mol. The monoisotopic (exact) mass is 350 g/mol. The predicted octanol–water partition coefficient (Wildman–Crippen LogP) is 2.36. The maximum absolute atomic E-state index is 10.6. The normalized spacial score (nSPS) is 14.5. The highest BCUT2D eigenvalue weighted by atomic mass is 32.1. The molecule has 0 fully saturated rings. The fourth-order valence-corrected chi connectivity index (χ4v) is 2.86. The molecular weight excluding hydrogens is 324 g/mol. The fraction of sp³-hybridized carbons (Fsp3) is 0.529. The van der Waals surface area contributed by atoms with Crippen molar-refractivity contribution in [3.8, 4) is 0 Å². The van der Waals surface area contributed by atoms with Crippen LogP contribution in [0.5, 0.6) is 0 Å². The largest absolute Gasteiger partial charge is 0.463 e. The predicted molar refractivity (Wildman–Crippen MR) is 97.6 cm³/mol. The van der Waals surface area contributed by atoms with E-state index in [1.165, 1.54) is 0 Å². The minimum Gasteiger partial charge on any atom is -0.463 e. The molecule has 6 nitrogen and oxygen atoms in total. The van der Waals surface area contributed by atoms with Crippen LogP contribution < -0.4 is 10.6 Å². The Hall–Kier alpha value is -1.86. The zero-order chi connectivity index (χ0) is 17.6. The maximum atomic E-state index is 10.6. The van der Waals surface area contributed by atoms with Gasteiger partial charge in [0.2, 0.25) is 0 Å². The lowest BCUT2D eigenvalue weighted by Gasteiger charge is -2.19. The summed E-state index contributed by atoms with van der Waals surface area (Å²) in [7, 11) is 0. The SMILES string of the molecule is CCNC(=NCC(C)(O)c1ccc(C)o1)NCCc1csc(C)n1. The molecule has 0 saturated carbocycles. The first kappa shape index (κ1) is 18.5. The average Bonchev–Trinajstić information content (AvgIpc) is 3.14. The molecule has 2 heterocycles. The van der Waals surface area contributed by atoms with Crippen molar-refractivity contribution < 1.29 is 9.52 Å². The van der Waals surface area contributed by atoms with Crippen LogP contribution in [-0.2, 0) is 12.0 Å². The van der Waals surface area contributed by atoms with Gasteiger partial charge < -0.3 is 20.2 Å². The molecule has 0 aliphatic rings. The Balaban J connectivity index is 1.91. The van der Waals surface area contributed by atoms with Crippen molar-refractivity contribution >= 4 is 17.3 Å². The molecule has 0 aliphatic carbocycles. The zero-order valence-corrected chi connectivity index (χ0v) is 15.5. The Kier molecular flexibility index (Phi) is 6.39. The Bertz CT molecular complexity index is 676. The van der Waals surface area contributed by atoms with Crippen LogP contribution >= 0.6 is 11.3 Å². The Morgan fingerprint density at radius 2 is 2.17 bits per heavy atom. The molecule has 0 aromatic carbocycles. The summed E-state index contributed by atoms with van der Waals surface area (Å²) in [5.74, 6) is 1.98. The molecule has 2 aromatic heterocycles. The number of guanidine groups is 1. The van der Waals surface area contributed by atoms with Crippen LogP contribution in [0.2, 0.25) is 0 Å². The van der Waals surface area contributed by atoms with Crippen molar-refractivity contribution in [3.05, 3.63) is 39.7 Å². The van der Waals surface area contributed by atoms with E-state index in [0.717, 1.165) is 36.0 Å². The van der Waals surface area contributed by atoms with E-state index in [1.807, 2.05) is 26.8 Å². The number of aliphatic imine (C=N–C) groups is 1. The molecule has 0 saturated heterocycles. The quantitative estimate of drug-likeness (QED) is 0.527. The summed E-state index contributed by atoms with van der Waals surface area (Å²) in [6.07, 6.45) is 0.836. The number of aryl methyl sites for hydroxylation is 2. The van der Waals surface area contributed by atoms with Crippen molar-refractivity contribution in [1.82, 2.24) is 15.6 Å². The summed E-state index contributed by atoms with van der Waals surface area (Å²) in [6, 6.07) is 3.63. The van der Waals surface area contributed by atoms with Crippen LogP contribution in [0.3, 0.4) is 0 Å². The van der Waals surface area contributed by atoms with Gasteiger partial charge in [0.25, 0.3) is 0 Å². The van der Waals surface area contributed by atoms with E-state index in [0.29, 0.717) is 11.7 Å². The molecule has 2 rings (SSSR count). The molecule has 7 heteroatoms. The highest BCUT2D eigenvalue weighted by Gasteiger charge is 2.26. The molecule has 0 radical (unpaired) electrons. The van der Waals surface area contributed by atoms with E-state index in [1.54, 1.807) is 24.3 Å². The molecule has 132 valence electrons. The summed E-state index contributed by atoms with van der Waals surface area (Å²) >= 11 is 1.66. The molecule has 0 bridgehead atoms. The molecule has 1 atom stereocenters. The lowest BCUT2D eigenvalue weighted by molar-refractivity contribution is 0.0428. The van der Waals surface area contributed by atoms with Crippen LogP contribution in [0.25, 0.3) is 0 Å². The van der Waals surface area contributed by atoms with E-state index < -0.39 is 5.60 Å². The van der Waals surface area contributed by atoms with Crippen molar-refractivity contribution in [3.63, 3.8) is 0 Å². The Labute approximate surface area is 147 Å². The molecule has 3 N–H and O–H groups in total. The second-order valence-corrected chi connectivity index (χ2v) is 6.98. The Morgan fingerprint density at radius 3 is 2.75 bits per heavy atom. The van der Waals surface area contributed by atoms with Gasteiger partial charge in [-0.2, -0.15) is 0 Å². The van der Waals surface area contributed by atoms with E-state index in [-0.39, 0.29) is 6.54 Å². The fourth-order valence-electron chi connectivity index (χ4n) is 2.21. The van der Waals surface area contributed by atoms with E-state index in [9.17, 15) is 5.11 Å². The van der Waals surface area contributed by atoms with Gasteiger partial charge in [-0.3, -0.25) is 0 Å². The summed E-state index contributed by atoms with van der Waals surface area (Å²) in [5.41, 5.74) is -0.0540. The first-order chi connectivity index (χ1) is 11.4. The van der Waals surface area contributed by atoms with E-state index in [2.05, 4.69) is 26.0 Å². The molecule has 0 spiro atoms. The van der Waals surface area contributed by atoms with Crippen LogP contribution in [0.15, 0.2) is 26.9 Å². The summed E-state index contributed by atoms with van der Waals surface area (Å²) in [6.45, 7) is 9.28. The van der Waals surface area contributed by atoms with Crippen LogP contribution in [0.1, 0.15) is 36.1 Å². The van der Waals surface area contributed by atoms with Gasteiger partial charge >= 0.3 is 0 Å². The van der Waals surface area contributed by atoms with Gasteiger partial charge in [-0.05, 0) is 39.8 Å². The first-order valence-corrected chi connectivity index (χ1v) is 9.01. The van der Waals surface area contributed by atoms with E-state index in [4.69, 9.17) is 4.42 Å². The van der Waals surface area contributed by atoms with Gasteiger partial charge in [-0.15, -0.1) is 11.3 Å². The molecule has 0 amide bonds. The second-order valence-electron chi connectivity index (χ2n) is 5.91. The molecule has 1 unspecified atom stereocenters. The van der Waals surface area contributed by atoms with Crippen LogP contribution in [0.4, 0.5) is 0 Å². The highest BCUT2D eigenvalue weighted by molar-refractivity contribution is 7.09. The van der Waals surface area contributed by atoms with Gasteiger partial charge in [-0.1, -0.05) is 0 Å². The minimum atomic E-state index is -1.14. The summed E-state index contributed by atoms with van der Waals surface area (Å²) < 4.78 is 5.51. The maximum Gasteiger partial charge on any atom is 0.191 e. The number of hydrogen-bond acceptors (Lipinski definition) is 5. The third kappa shape index (κ3) is 5.35. The van der Waals surface area contributed by atoms with Gasteiger partial charge in [0, 0.05) is 24.9 Å². The number of nitrogens with zero attached hydrogens (tertiary/aromatic N) is 2. The van der Waals surface area contributed by atoms with Crippen molar-refractivity contribution in [2.45, 2.75) is 39.7 Å². The Morgan fingerprint density at radius 1 is 1.38 bits per heavy atom. The first-order valence-electron chi connectivity index (χ1n) is 8.13. The molecule has 24 heavy (non-hydrogen) atoms. The van der Waals surface area contributed by atoms with Crippen molar-refractivity contribution in [2.24, 2.45) is 4.99 Å². The van der Waals surface area contributed by atoms with Gasteiger partial charge in [0.05, 0.1) is 17.2 Å². The topological polar surface area (TPSA) is 82.7 Å². The lowest BCUT2D eigenvalue weighted by Crippen LogP contribution is -2.39. The minimum absolute atomic E-state index is 0.213. The third-order valence-corrected chi connectivity index (χ3v) is 4.32. The summed E-state index contributed by atoms with van der Waals surface area (Å²) in [4.78, 5) is 8.92. The number of rotatable bonds is 7. The third-order valence-electron chi connectivity index (χ3n) is 3.50.